The van der Waals surface area contributed by atoms with Crippen LogP contribution in [0.25, 0.3) is 0 Å². The number of carbonyl (C=O) groups excluding carboxylic acids is 1. The monoisotopic (exact) mass is 303 g/mol. The van der Waals surface area contributed by atoms with E-state index < -0.39 is 5.97 Å². The van der Waals surface area contributed by atoms with E-state index in [0.29, 0.717) is 12.0 Å². The van der Waals surface area contributed by atoms with Crippen LogP contribution in [-0.2, 0) is 16.0 Å². The summed E-state index contributed by atoms with van der Waals surface area (Å²) in [5.74, 6) is -0.428. The van der Waals surface area contributed by atoms with Crippen LogP contribution in [-0.4, -0.2) is 47.7 Å². The first kappa shape index (κ1) is 15.0. The van der Waals surface area contributed by atoms with Crippen LogP contribution in [0.2, 0.25) is 0 Å². The van der Waals surface area contributed by atoms with E-state index in [1.165, 1.54) is 0 Å². The van der Waals surface area contributed by atoms with Crippen molar-refractivity contribution in [3.63, 3.8) is 0 Å². The van der Waals surface area contributed by atoms with Gasteiger partial charge in [0.05, 0.1) is 18.6 Å². The Balaban J connectivity index is 1.65. The van der Waals surface area contributed by atoms with E-state index in [1.54, 1.807) is 18.2 Å². The molecule has 1 saturated carbocycles. The lowest BCUT2D eigenvalue weighted by molar-refractivity contribution is -0.131. The van der Waals surface area contributed by atoms with Gasteiger partial charge in [0.1, 0.15) is 0 Å². The van der Waals surface area contributed by atoms with Gasteiger partial charge >= 0.3 is 5.97 Å². The van der Waals surface area contributed by atoms with Gasteiger partial charge in [0.25, 0.3) is 0 Å². The second-order valence-corrected chi connectivity index (χ2v) is 6.19. The fraction of sp³-hybridized carbons (Fsp3) is 0.529. The fourth-order valence-electron chi connectivity index (χ4n) is 2.94. The van der Waals surface area contributed by atoms with E-state index in [1.807, 2.05) is 11.0 Å². The molecule has 1 amide bonds. The van der Waals surface area contributed by atoms with Gasteiger partial charge in [-0.15, -0.1) is 0 Å². The van der Waals surface area contributed by atoms with Gasteiger partial charge in [0.15, 0.2) is 0 Å². The molecule has 1 aliphatic heterocycles. The van der Waals surface area contributed by atoms with Gasteiger partial charge in [0, 0.05) is 25.1 Å². The van der Waals surface area contributed by atoms with Crippen LogP contribution in [0.3, 0.4) is 0 Å². The van der Waals surface area contributed by atoms with E-state index in [0.717, 1.165) is 44.6 Å². The molecule has 1 saturated heterocycles. The minimum absolute atomic E-state index is 0.0944. The van der Waals surface area contributed by atoms with Crippen molar-refractivity contribution < 1.29 is 19.4 Å². The Morgan fingerprint density at radius 1 is 1.27 bits per heavy atom. The molecule has 1 heterocycles. The number of ether oxygens (including phenoxy) is 1. The molecule has 0 unspecified atom stereocenters. The second kappa shape index (κ2) is 6.48. The molecule has 1 aliphatic carbocycles. The lowest BCUT2D eigenvalue weighted by Crippen LogP contribution is -2.38. The Morgan fingerprint density at radius 2 is 2.09 bits per heavy atom. The summed E-state index contributed by atoms with van der Waals surface area (Å²) in [5, 5.41) is 9.03. The lowest BCUT2D eigenvalue weighted by atomic mass is 10.1. The second-order valence-electron chi connectivity index (χ2n) is 6.19. The van der Waals surface area contributed by atoms with Crippen LogP contribution in [0.15, 0.2) is 24.3 Å². The third-order valence-corrected chi connectivity index (χ3v) is 4.32. The highest BCUT2D eigenvalue weighted by Crippen LogP contribution is 2.29. The summed E-state index contributed by atoms with van der Waals surface area (Å²) in [6.07, 6.45) is 3.44. The summed E-state index contributed by atoms with van der Waals surface area (Å²) in [6.45, 7) is 2.30. The van der Waals surface area contributed by atoms with Gasteiger partial charge < -0.3 is 14.7 Å². The summed E-state index contributed by atoms with van der Waals surface area (Å²) in [5.41, 5.74) is 0.991. The van der Waals surface area contributed by atoms with Gasteiger partial charge in [0.2, 0.25) is 5.91 Å². The van der Waals surface area contributed by atoms with Crippen molar-refractivity contribution >= 4 is 11.9 Å². The first-order chi connectivity index (χ1) is 10.6. The molecule has 0 bridgehead atoms. The highest BCUT2D eigenvalue weighted by atomic mass is 16.5. The van der Waals surface area contributed by atoms with E-state index in [9.17, 15) is 9.59 Å². The molecule has 118 valence electrons. The number of benzene rings is 1. The van der Waals surface area contributed by atoms with Crippen molar-refractivity contribution in [1.82, 2.24) is 4.90 Å². The van der Waals surface area contributed by atoms with Crippen molar-refractivity contribution in [3.05, 3.63) is 35.4 Å². The van der Waals surface area contributed by atoms with E-state index in [4.69, 9.17) is 9.84 Å². The number of aromatic carboxylic acids is 1. The molecule has 1 aromatic rings. The summed E-state index contributed by atoms with van der Waals surface area (Å²) in [6, 6.07) is 7.01. The third-order valence-electron chi connectivity index (χ3n) is 4.32. The number of carbonyl (C=O) groups is 2. The smallest absolute Gasteiger partial charge is 0.335 e. The van der Waals surface area contributed by atoms with E-state index in [-0.39, 0.29) is 17.9 Å². The molecule has 5 heteroatoms. The van der Waals surface area contributed by atoms with Crippen LogP contribution in [0.5, 0.6) is 0 Å². The third kappa shape index (κ3) is 3.65. The highest BCUT2D eigenvalue weighted by molar-refractivity contribution is 5.88. The molecule has 0 spiro atoms. The molecule has 1 N–H and O–H groups in total. The number of carboxylic acid groups (broad SMARTS) is 1. The van der Waals surface area contributed by atoms with Gasteiger partial charge in [-0.2, -0.15) is 0 Å². The number of nitrogens with zero attached hydrogens (tertiary/aromatic N) is 1. The van der Waals surface area contributed by atoms with Gasteiger partial charge in [-0.1, -0.05) is 12.1 Å². The fourth-order valence-corrected chi connectivity index (χ4v) is 2.94. The Labute approximate surface area is 129 Å². The Hall–Kier alpha value is -1.88. The first-order valence-corrected chi connectivity index (χ1v) is 7.83. The van der Waals surface area contributed by atoms with Gasteiger partial charge in [-0.05, 0) is 37.0 Å². The molecule has 1 atom stereocenters. The normalized spacial score (nSPS) is 20.8. The Bertz CT molecular complexity index is 562. The summed E-state index contributed by atoms with van der Waals surface area (Å²) in [7, 11) is 0. The van der Waals surface area contributed by atoms with Crippen LogP contribution < -0.4 is 0 Å². The van der Waals surface area contributed by atoms with Crippen LogP contribution in [0.4, 0.5) is 0 Å². The molecule has 5 nitrogen and oxygen atoms in total. The zero-order valence-corrected chi connectivity index (χ0v) is 12.5. The van der Waals surface area contributed by atoms with E-state index >= 15 is 0 Å². The maximum atomic E-state index is 12.6. The Morgan fingerprint density at radius 3 is 2.73 bits per heavy atom. The number of hydrogen-bond acceptors (Lipinski definition) is 3. The predicted octanol–water partition coefficient (Wildman–Crippen LogP) is 1.95. The minimum atomic E-state index is -0.962. The van der Waals surface area contributed by atoms with Crippen LogP contribution in [0.1, 0.15) is 35.2 Å². The van der Waals surface area contributed by atoms with Gasteiger partial charge in [-0.25, -0.2) is 4.79 Å². The van der Waals surface area contributed by atoms with Crippen molar-refractivity contribution in [2.24, 2.45) is 5.92 Å². The van der Waals surface area contributed by atoms with Crippen LogP contribution in [0, 0.1) is 5.92 Å². The number of amides is 1. The topological polar surface area (TPSA) is 66.8 Å². The average Bonchev–Trinajstić information content (AvgIpc) is 3.21. The first-order valence-electron chi connectivity index (χ1n) is 7.83. The van der Waals surface area contributed by atoms with Crippen molar-refractivity contribution in [2.45, 2.75) is 31.7 Å². The molecule has 3 rings (SSSR count). The lowest BCUT2D eigenvalue weighted by Gasteiger charge is -2.25. The quantitative estimate of drug-likeness (QED) is 0.872. The number of carboxylic acids is 1. The number of hydrogen-bond donors (Lipinski definition) is 1. The van der Waals surface area contributed by atoms with Crippen molar-refractivity contribution in [1.29, 1.82) is 0 Å². The predicted molar refractivity (Wildman–Crippen MR) is 80.8 cm³/mol. The van der Waals surface area contributed by atoms with E-state index in [2.05, 4.69) is 0 Å². The van der Waals surface area contributed by atoms with Crippen molar-refractivity contribution in [2.75, 3.05) is 19.8 Å². The summed E-state index contributed by atoms with van der Waals surface area (Å²) < 4.78 is 5.39. The SMILES string of the molecule is O=C(O)c1cccc(CC(=O)N(C[C@@H]2CCOC2)C2CC2)c1. The standard InChI is InChI=1S/C17H21NO4/c19-16(9-12-2-1-3-14(8-12)17(20)21)18(15-4-5-15)10-13-6-7-22-11-13/h1-3,8,13,15H,4-7,9-11H2,(H,20,21)/t13-/m0/s1. The highest BCUT2D eigenvalue weighted by Gasteiger charge is 2.34. The summed E-state index contributed by atoms with van der Waals surface area (Å²) in [4.78, 5) is 25.6. The zero-order chi connectivity index (χ0) is 15.5. The number of rotatable bonds is 6. The minimum Gasteiger partial charge on any atom is -0.478 e. The molecule has 22 heavy (non-hydrogen) atoms. The zero-order valence-electron chi connectivity index (χ0n) is 12.5. The average molecular weight is 303 g/mol. The molecule has 2 fully saturated rings. The van der Waals surface area contributed by atoms with Gasteiger partial charge in [-0.3, -0.25) is 4.79 Å². The van der Waals surface area contributed by atoms with Crippen LogP contribution >= 0.6 is 0 Å². The molecular formula is C17H21NO4. The molecule has 1 aromatic carbocycles. The van der Waals surface area contributed by atoms with Crippen molar-refractivity contribution in [3.8, 4) is 0 Å². The summed E-state index contributed by atoms with van der Waals surface area (Å²) >= 11 is 0. The molecule has 2 aliphatic rings. The maximum absolute atomic E-state index is 12.6. The molecule has 0 radical (unpaired) electrons. The Kier molecular flexibility index (Phi) is 4.43. The largest absolute Gasteiger partial charge is 0.478 e. The molecule has 0 aromatic heterocycles. The molecular weight excluding hydrogens is 282 g/mol. The maximum Gasteiger partial charge on any atom is 0.335 e.